The minimum absolute atomic E-state index is 0.278. The van der Waals surface area contributed by atoms with E-state index in [0.29, 0.717) is 11.7 Å². The van der Waals surface area contributed by atoms with E-state index >= 15 is 0 Å². The molecule has 2 aromatic rings. The van der Waals surface area contributed by atoms with Crippen molar-refractivity contribution in [3.8, 4) is 0 Å². The van der Waals surface area contributed by atoms with E-state index in [1.165, 1.54) is 24.8 Å². The molecule has 0 spiro atoms. The largest absolute Gasteiger partial charge is 0.294 e. The normalized spacial score (nSPS) is 26.7. The molecule has 3 atom stereocenters. The van der Waals surface area contributed by atoms with Crippen LogP contribution in [0.5, 0.6) is 0 Å². The van der Waals surface area contributed by atoms with Crippen LogP contribution in [0.4, 0.5) is 0 Å². The molecule has 1 aromatic carbocycles. The number of nitrogens with zero attached hydrogens (tertiary/aromatic N) is 1. The van der Waals surface area contributed by atoms with Gasteiger partial charge in [0, 0.05) is 22.6 Å². The highest BCUT2D eigenvalue weighted by Gasteiger charge is 2.43. The molecule has 0 radical (unpaired) electrons. The molecule has 0 saturated heterocycles. The van der Waals surface area contributed by atoms with Gasteiger partial charge in [-0.3, -0.25) is 9.78 Å². The summed E-state index contributed by atoms with van der Waals surface area (Å²) in [5, 5.41) is 1.11. The Morgan fingerprint density at radius 3 is 2.77 bits per heavy atom. The third kappa shape index (κ3) is 2.16. The molecule has 1 unspecified atom stereocenters. The Kier molecular flexibility index (Phi) is 3.28. The Bertz CT molecular complexity index is 749. The minimum atomic E-state index is 0.278. The first-order valence-corrected chi connectivity index (χ1v) is 8.60. The van der Waals surface area contributed by atoms with Crippen molar-refractivity contribution in [1.82, 2.24) is 4.98 Å². The van der Waals surface area contributed by atoms with Crippen LogP contribution >= 0.6 is 0 Å². The van der Waals surface area contributed by atoms with Gasteiger partial charge in [0.05, 0.1) is 5.52 Å². The zero-order valence-corrected chi connectivity index (χ0v) is 13.4. The molecule has 4 rings (SSSR count). The van der Waals surface area contributed by atoms with Gasteiger partial charge in [0.15, 0.2) is 5.78 Å². The van der Waals surface area contributed by atoms with Gasteiger partial charge in [-0.15, -0.1) is 0 Å². The molecule has 2 saturated carbocycles. The lowest BCUT2D eigenvalue weighted by Crippen LogP contribution is -2.21. The van der Waals surface area contributed by atoms with E-state index in [2.05, 4.69) is 31.0 Å². The number of hydrogen-bond acceptors (Lipinski definition) is 2. The van der Waals surface area contributed by atoms with Crippen LogP contribution in [0.1, 0.15) is 54.2 Å². The minimum Gasteiger partial charge on any atom is -0.294 e. The van der Waals surface area contributed by atoms with Crippen LogP contribution in [-0.2, 0) is 6.42 Å². The molecular weight excluding hydrogens is 270 g/mol. The van der Waals surface area contributed by atoms with E-state index < -0.39 is 0 Å². The van der Waals surface area contributed by atoms with Gasteiger partial charge in [0.25, 0.3) is 0 Å². The fourth-order valence-corrected chi connectivity index (χ4v) is 4.61. The summed E-state index contributed by atoms with van der Waals surface area (Å²) in [4.78, 5) is 17.6. The van der Waals surface area contributed by atoms with Crippen LogP contribution in [0.3, 0.4) is 0 Å². The molecule has 2 fully saturated rings. The molecule has 0 N–H and O–H groups in total. The fourth-order valence-electron chi connectivity index (χ4n) is 4.61. The van der Waals surface area contributed by atoms with Crippen molar-refractivity contribution in [1.29, 1.82) is 0 Å². The Labute approximate surface area is 131 Å². The first-order valence-electron chi connectivity index (χ1n) is 8.60. The number of carbonyl (C=O) groups excluding carboxylic acids is 1. The maximum absolute atomic E-state index is 12.9. The van der Waals surface area contributed by atoms with E-state index in [-0.39, 0.29) is 5.92 Å². The molecule has 0 amide bonds. The fraction of sp³-hybridized carbons (Fsp3) is 0.500. The second kappa shape index (κ2) is 5.19. The lowest BCUT2D eigenvalue weighted by Gasteiger charge is -2.20. The molecule has 1 aromatic heterocycles. The number of benzene rings is 1. The molecule has 0 aliphatic heterocycles. The van der Waals surface area contributed by atoms with Gasteiger partial charge >= 0.3 is 0 Å². The summed E-state index contributed by atoms with van der Waals surface area (Å²) >= 11 is 0. The Morgan fingerprint density at radius 2 is 2.09 bits per heavy atom. The van der Waals surface area contributed by atoms with Crippen molar-refractivity contribution in [3.05, 3.63) is 41.1 Å². The summed E-state index contributed by atoms with van der Waals surface area (Å²) in [5.74, 6) is 2.11. The Morgan fingerprint density at radius 1 is 1.23 bits per heavy atom. The molecule has 114 valence electrons. The maximum Gasteiger partial charge on any atom is 0.166 e. The molecule has 2 bridgehead atoms. The van der Waals surface area contributed by atoms with Crippen LogP contribution in [0.25, 0.3) is 10.9 Å². The summed E-state index contributed by atoms with van der Waals surface area (Å²) < 4.78 is 0. The van der Waals surface area contributed by atoms with Crippen molar-refractivity contribution in [2.75, 3.05) is 0 Å². The predicted octanol–water partition coefficient (Wildman–Crippen LogP) is 4.72. The number of Topliss-reactive ketones (excluding diaryl/α,β-unsaturated/α-hetero) is 1. The van der Waals surface area contributed by atoms with E-state index in [0.717, 1.165) is 40.9 Å². The van der Waals surface area contributed by atoms with Crippen LogP contribution in [0.2, 0.25) is 0 Å². The first-order chi connectivity index (χ1) is 10.7. The number of hydrogen-bond donors (Lipinski definition) is 0. The molecule has 2 nitrogen and oxygen atoms in total. The van der Waals surface area contributed by atoms with Crippen LogP contribution in [0.15, 0.2) is 24.3 Å². The van der Waals surface area contributed by atoms with E-state index in [1.54, 1.807) is 0 Å². The number of aromatic nitrogens is 1. The zero-order chi connectivity index (χ0) is 15.3. The van der Waals surface area contributed by atoms with E-state index in [9.17, 15) is 4.79 Å². The van der Waals surface area contributed by atoms with Crippen molar-refractivity contribution in [2.45, 2.75) is 46.0 Å². The van der Waals surface area contributed by atoms with E-state index in [1.807, 2.05) is 12.1 Å². The summed E-state index contributed by atoms with van der Waals surface area (Å²) in [7, 11) is 0. The average Bonchev–Trinajstić information content (AvgIpc) is 3.16. The molecule has 22 heavy (non-hydrogen) atoms. The summed E-state index contributed by atoms with van der Waals surface area (Å²) in [6.07, 6.45) is 5.99. The maximum atomic E-state index is 12.9. The highest BCUT2D eigenvalue weighted by molar-refractivity contribution is 6.01. The van der Waals surface area contributed by atoms with E-state index in [4.69, 9.17) is 0 Å². The number of rotatable bonds is 3. The average molecular weight is 293 g/mol. The first kappa shape index (κ1) is 13.9. The van der Waals surface area contributed by atoms with Gasteiger partial charge < -0.3 is 0 Å². The van der Waals surface area contributed by atoms with Crippen molar-refractivity contribution in [3.63, 3.8) is 0 Å². The zero-order valence-electron chi connectivity index (χ0n) is 13.4. The van der Waals surface area contributed by atoms with Crippen LogP contribution in [-0.4, -0.2) is 10.8 Å². The Hall–Kier alpha value is -1.70. The summed E-state index contributed by atoms with van der Waals surface area (Å²) in [5.41, 5.74) is 4.26. The van der Waals surface area contributed by atoms with Gasteiger partial charge in [-0.25, -0.2) is 0 Å². The van der Waals surface area contributed by atoms with Crippen LogP contribution < -0.4 is 0 Å². The standard InChI is InChI=1S/C20H23NO/c1-3-14-10-17-11-16(6-7-19(17)21-12(14)2)20(22)18-9-13-4-5-15(18)8-13/h6-7,10-11,13,15,18H,3-5,8-9H2,1-2H3/t13-,15+,18?/m1/s1. The lowest BCUT2D eigenvalue weighted by molar-refractivity contribution is 0.0875. The van der Waals surface area contributed by atoms with Crippen LogP contribution in [0, 0.1) is 24.7 Å². The molecule has 2 aliphatic carbocycles. The topological polar surface area (TPSA) is 30.0 Å². The molecule has 2 heteroatoms. The number of carbonyl (C=O) groups is 1. The third-order valence-electron chi connectivity index (χ3n) is 5.85. The SMILES string of the molecule is CCc1cc2cc(C(=O)C3C[C@@H]4CC[C@H]3C4)ccc2nc1C. The number of aryl methyl sites for hydroxylation is 2. The number of ketones is 1. The van der Waals surface area contributed by atoms with Crippen molar-refractivity contribution < 1.29 is 4.79 Å². The second-order valence-electron chi connectivity index (χ2n) is 7.14. The second-order valence-corrected chi connectivity index (χ2v) is 7.14. The van der Waals surface area contributed by atoms with Gasteiger partial charge in [-0.2, -0.15) is 0 Å². The number of fused-ring (bicyclic) bond motifs is 3. The smallest absolute Gasteiger partial charge is 0.166 e. The molecule has 2 aliphatic rings. The highest BCUT2D eigenvalue weighted by Crippen LogP contribution is 2.49. The monoisotopic (exact) mass is 293 g/mol. The van der Waals surface area contributed by atoms with Gasteiger partial charge in [0.2, 0.25) is 0 Å². The molecular formula is C20H23NO. The highest BCUT2D eigenvalue weighted by atomic mass is 16.1. The number of pyridine rings is 1. The summed E-state index contributed by atoms with van der Waals surface area (Å²) in [6, 6.07) is 8.27. The Balaban J connectivity index is 1.70. The van der Waals surface area contributed by atoms with Crippen molar-refractivity contribution in [2.24, 2.45) is 17.8 Å². The van der Waals surface area contributed by atoms with Gasteiger partial charge in [-0.1, -0.05) is 13.3 Å². The lowest BCUT2D eigenvalue weighted by atomic mass is 9.83. The quantitative estimate of drug-likeness (QED) is 0.766. The molecule has 1 heterocycles. The van der Waals surface area contributed by atoms with Gasteiger partial charge in [0.1, 0.15) is 0 Å². The van der Waals surface area contributed by atoms with Crippen molar-refractivity contribution >= 4 is 16.7 Å². The predicted molar refractivity (Wildman–Crippen MR) is 89.1 cm³/mol. The third-order valence-corrected chi connectivity index (χ3v) is 5.85. The summed E-state index contributed by atoms with van der Waals surface area (Å²) in [6.45, 7) is 4.21. The van der Waals surface area contributed by atoms with Gasteiger partial charge in [-0.05, 0) is 74.3 Å².